The molecule has 0 aliphatic rings. The van der Waals surface area contributed by atoms with Crippen molar-refractivity contribution in [3.8, 4) is 5.88 Å². The lowest BCUT2D eigenvalue weighted by Crippen LogP contribution is -2.25. The van der Waals surface area contributed by atoms with Crippen LogP contribution in [0.15, 0.2) is 29.5 Å². The van der Waals surface area contributed by atoms with Gasteiger partial charge >= 0.3 is 5.97 Å². The molecule has 1 rings (SSSR count). The number of aromatic nitrogens is 1. The molecule has 0 radical (unpaired) electrons. The number of nitrogens with zero attached hydrogens (tertiary/aromatic N) is 1. The maximum atomic E-state index is 11.9. The van der Waals surface area contributed by atoms with Crippen LogP contribution < -0.4 is 10.1 Å². The van der Waals surface area contributed by atoms with Gasteiger partial charge < -0.3 is 15.2 Å². The zero-order valence-electron chi connectivity index (χ0n) is 12.6. The number of carboxylic acid groups (broad SMARTS) is 1. The van der Waals surface area contributed by atoms with E-state index in [4.69, 9.17) is 9.84 Å². The first kappa shape index (κ1) is 16.7. The predicted octanol–water partition coefficient (Wildman–Crippen LogP) is 1.91. The number of amides is 1. The number of ether oxygens (including phenoxy) is 1. The molecular weight excluding hydrogens is 272 g/mol. The van der Waals surface area contributed by atoms with Crippen molar-refractivity contribution in [3.05, 3.63) is 35.0 Å². The van der Waals surface area contributed by atoms with Gasteiger partial charge in [-0.25, -0.2) is 9.78 Å². The van der Waals surface area contributed by atoms with Crippen LogP contribution in [0.4, 0.5) is 0 Å². The van der Waals surface area contributed by atoms with E-state index in [1.54, 1.807) is 18.3 Å². The van der Waals surface area contributed by atoms with Crippen LogP contribution in [0.1, 0.15) is 33.3 Å². The Balaban J connectivity index is 2.78. The number of nitrogens with one attached hydrogen (secondary N) is 1. The summed E-state index contributed by atoms with van der Waals surface area (Å²) in [5.74, 6) is -1.06. The first-order valence-electron chi connectivity index (χ1n) is 6.62. The molecule has 21 heavy (non-hydrogen) atoms. The lowest BCUT2D eigenvalue weighted by atomic mass is 10.1. The van der Waals surface area contributed by atoms with Gasteiger partial charge in [0.25, 0.3) is 0 Å². The molecule has 0 atom stereocenters. The molecule has 0 aliphatic carbocycles. The Morgan fingerprint density at radius 2 is 2.00 bits per heavy atom. The average Bonchev–Trinajstić information content (AvgIpc) is 2.43. The van der Waals surface area contributed by atoms with Gasteiger partial charge in [-0.3, -0.25) is 4.79 Å². The largest absolute Gasteiger partial charge is 0.478 e. The number of aliphatic carboxylic acids is 1. The van der Waals surface area contributed by atoms with Gasteiger partial charge in [-0.05, 0) is 33.8 Å². The molecule has 0 saturated carbocycles. The molecule has 0 spiro atoms. The van der Waals surface area contributed by atoms with Crippen LogP contribution in [0.3, 0.4) is 0 Å². The number of carbonyl (C=O) groups excluding carboxylic acids is 1. The smallest absolute Gasteiger partial charge is 0.331 e. The molecule has 1 heterocycles. The fourth-order valence-electron chi connectivity index (χ4n) is 1.53. The third-order valence-electron chi connectivity index (χ3n) is 2.86. The molecule has 0 aromatic carbocycles. The van der Waals surface area contributed by atoms with Crippen LogP contribution in [-0.2, 0) is 16.1 Å². The van der Waals surface area contributed by atoms with Gasteiger partial charge in [-0.15, -0.1) is 0 Å². The summed E-state index contributed by atoms with van der Waals surface area (Å²) in [6.07, 6.45) is 1.59. The Labute approximate surface area is 123 Å². The summed E-state index contributed by atoms with van der Waals surface area (Å²) < 4.78 is 5.56. The highest BCUT2D eigenvalue weighted by Crippen LogP contribution is 2.16. The minimum absolute atomic E-state index is 0.0229. The maximum absolute atomic E-state index is 11.9. The molecular formula is C15H20N2O4. The van der Waals surface area contributed by atoms with Crippen LogP contribution in [0.25, 0.3) is 0 Å². The summed E-state index contributed by atoms with van der Waals surface area (Å²) in [5, 5.41) is 11.5. The van der Waals surface area contributed by atoms with Crippen LogP contribution >= 0.6 is 0 Å². The van der Waals surface area contributed by atoms with Gasteiger partial charge in [0.1, 0.15) is 0 Å². The standard InChI is InChI=1S/C15H20N2O4/c1-9(2)21-14-12(6-5-7-16-14)8-17-13(18)10(3)11(4)15(19)20/h5-7,9H,8H2,1-4H3,(H,17,18)(H,19,20). The highest BCUT2D eigenvalue weighted by molar-refractivity contribution is 6.01. The Kier molecular flexibility index (Phi) is 5.90. The van der Waals surface area contributed by atoms with E-state index in [2.05, 4.69) is 10.3 Å². The molecule has 0 saturated heterocycles. The summed E-state index contributed by atoms with van der Waals surface area (Å²) in [6.45, 7) is 6.88. The third-order valence-corrected chi connectivity index (χ3v) is 2.86. The second kappa shape index (κ2) is 7.42. The molecule has 0 aliphatic heterocycles. The lowest BCUT2D eigenvalue weighted by molar-refractivity contribution is -0.133. The fraction of sp³-hybridized carbons (Fsp3) is 0.400. The number of carboxylic acids is 1. The highest BCUT2D eigenvalue weighted by atomic mass is 16.5. The van der Waals surface area contributed by atoms with Gasteiger partial charge in [0.05, 0.1) is 6.10 Å². The van der Waals surface area contributed by atoms with E-state index in [1.807, 2.05) is 13.8 Å². The molecule has 6 nitrogen and oxygen atoms in total. The molecule has 0 bridgehead atoms. The Morgan fingerprint density at radius 1 is 1.33 bits per heavy atom. The molecule has 1 amide bonds. The topological polar surface area (TPSA) is 88.5 Å². The average molecular weight is 292 g/mol. The van der Waals surface area contributed by atoms with Crippen LogP contribution in [0.5, 0.6) is 5.88 Å². The normalized spacial score (nSPS) is 11.9. The molecule has 6 heteroatoms. The second-order valence-corrected chi connectivity index (χ2v) is 4.87. The van der Waals surface area contributed by atoms with Crippen molar-refractivity contribution in [2.24, 2.45) is 0 Å². The van der Waals surface area contributed by atoms with E-state index >= 15 is 0 Å². The summed E-state index contributed by atoms with van der Waals surface area (Å²) >= 11 is 0. The summed E-state index contributed by atoms with van der Waals surface area (Å²) in [4.78, 5) is 26.9. The zero-order valence-corrected chi connectivity index (χ0v) is 12.6. The van der Waals surface area contributed by atoms with Gasteiger partial charge in [-0.1, -0.05) is 6.07 Å². The SMILES string of the molecule is CC(C(=O)O)=C(C)C(=O)NCc1cccnc1OC(C)C. The van der Waals surface area contributed by atoms with Crippen LogP contribution in [-0.4, -0.2) is 28.1 Å². The predicted molar refractivity (Wildman–Crippen MR) is 77.9 cm³/mol. The Hall–Kier alpha value is -2.37. The number of rotatable bonds is 6. The summed E-state index contributed by atoms with van der Waals surface area (Å²) in [7, 11) is 0. The number of hydrogen-bond donors (Lipinski definition) is 2. The number of hydrogen-bond acceptors (Lipinski definition) is 4. The first-order valence-corrected chi connectivity index (χ1v) is 6.62. The Bertz CT molecular complexity index is 565. The highest BCUT2D eigenvalue weighted by Gasteiger charge is 2.13. The molecule has 114 valence electrons. The van der Waals surface area contributed by atoms with E-state index in [0.717, 1.165) is 5.56 Å². The Morgan fingerprint density at radius 3 is 2.57 bits per heavy atom. The summed E-state index contributed by atoms with van der Waals surface area (Å²) in [5.41, 5.74) is 0.940. The van der Waals surface area contributed by atoms with Gasteiger partial charge in [0, 0.05) is 29.5 Å². The van der Waals surface area contributed by atoms with Crippen molar-refractivity contribution in [2.75, 3.05) is 0 Å². The van der Waals surface area contributed by atoms with Crippen LogP contribution in [0.2, 0.25) is 0 Å². The van der Waals surface area contributed by atoms with Crippen molar-refractivity contribution < 1.29 is 19.4 Å². The first-order chi connectivity index (χ1) is 9.82. The molecule has 0 unspecified atom stereocenters. The minimum atomic E-state index is -1.10. The van der Waals surface area contributed by atoms with E-state index < -0.39 is 11.9 Å². The fourth-order valence-corrected chi connectivity index (χ4v) is 1.53. The maximum Gasteiger partial charge on any atom is 0.331 e. The minimum Gasteiger partial charge on any atom is -0.478 e. The zero-order chi connectivity index (χ0) is 16.0. The van der Waals surface area contributed by atoms with E-state index in [9.17, 15) is 9.59 Å². The second-order valence-electron chi connectivity index (χ2n) is 4.87. The molecule has 1 aromatic heterocycles. The van der Waals surface area contributed by atoms with E-state index in [0.29, 0.717) is 5.88 Å². The van der Waals surface area contributed by atoms with E-state index in [1.165, 1.54) is 13.8 Å². The lowest BCUT2D eigenvalue weighted by Gasteiger charge is -2.13. The molecule has 2 N–H and O–H groups in total. The number of pyridine rings is 1. The molecule has 1 aromatic rings. The molecule has 0 fully saturated rings. The summed E-state index contributed by atoms with van der Waals surface area (Å²) in [6, 6.07) is 3.55. The van der Waals surface area contributed by atoms with Gasteiger partial charge in [-0.2, -0.15) is 0 Å². The van der Waals surface area contributed by atoms with Crippen molar-refractivity contribution >= 4 is 11.9 Å². The van der Waals surface area contributed by atoms with Crippen LogP contribution in [0, 0.1) is 0 Å². The van der Waals surface area contributed by atoms with Crippen molar-refractivity contribution in [2.45, 2.75) is 40.3 Å². The quantitative estimate of drug-likeness (QED) is 0.782. The van der Waals surface area contributed by atoms with Gasteiger partial charge in [0.15, 0.2) is 0 Å². The van der Waals surface area contributed by atoms with Gasteiger partial charge in [0.2, 0.25) is 11.8 Å². The van der Waals surface area contributed by atoms with Crippen molar-refractivity contribution in [3.63, 3.8) is 0 Å². The van der Waals surface area contributed by atoms with Crippen molar-refractivity contribution in [1.82, 2.24) is 10.3 Å². The van der Waals surface area contributed by atoms with Crippen molar-refractivity contribution in [1.29, 1.82) is 0 Å². The van der Waals surface area contributed by atoms with E-state index in [-0.39, 0.29) is 23.8 Å². The number of carbonyl (C=O) groups is 2. The third kappa shape index (κ3) is 4.91. The monoisotopic (exact) mass is 292 g/mol.